The first-order valence-electron chi connectivity index (χ1n) is 10.3. The van der Waals surface area contributed by atoms with Crippen LogP contribution in [0, 0.1) is 5.92 Å². The summed E-state index contributed by atoms with van der Waals surface area (Å²) in [5.74, 6) is 0.240. The molecule has 0 spiro atoms. The van der Waals surface area contributed by atoms with Crippen LogP contribution in [0.3, 0.4) is 0 Å². The van der Waals surface area contributed by atoms with Gasteiger partial charge in [-0.1, -0.05) is 62.4 Å². The van der Waals surface area contributed by atoms with Crippen molar-refractivity contribution in [3.63, 3.8) is 0 Å². The maximum Gasteiger partial charge on any atom is 0.265 e. The summed E-state index contributed by atoms with van der Waals surface area (Å²) < 4.78 is 1.69. The second-order valence-electron chi connectivity index (χ2n) is 7.95. The fourth-order valence-corrected chi connectivity index (χ4v) is 4.52. The van der Waals surface area contributed by atoms with E-state index < -0.39 is 0 Å². The first-order chi connectivity index (χ1) is 15.0. The summed E-state index contributed by atoms with van der Waals surface area (Å²) in [7, 11) is 0. The number of benzene rings is 2. The van der Waals surface area contributed by atoms with E-state index in [1.165, 1.54) is 11.3 Å². The Bertz CT molecular complexity index is 1270. The number of hydrogen-bond acceptors (Lipinski definition) is 4. The highest BCUT2D eigenvalue weighted by atomic mass is 32.1. The number of aromatic nitrogens is 2. The lowest BCUT2D eigenvalue weighted by Gasteiger charge is -2.19. The summed E-state index contributed by atoms with van der Waals surface area (Å²) in [6, 6.07) is 21.1. The zero-order valence-electron chi connectivity index (χ0n) is 17.8. The average molecular weight is 429 g/mol. The minimum absolute atomic E-state index is 0.0542. The molecule has 4 rings (SSSR count). The van der Waals surface area contributed by atoms with Gasteiger partial charge in [0.2, 0.25) is 0 Å². The predicted octanol–water partition coefficient (Wildman–Crippen LogP) is 6.03. The molecule has 5 heteroatoms. The third kappa shape index (κ3) is 4.28. The molecular formula is C26H24N2O2S. The number of carbonyl (C=O) groups is 1. The standard InChI is InChI=1S/C26H24N2O2S/c1-17(2)14-24-21(18(3)29)15-22(26(30)28(24)20-12-8-5-9-13-20)25-27-23(16-31-25)19-10-6-4-7-11-19/h4-13,15-17H,14H2,1-3H3. The molecule has 0 saturated carbocycles. The number of pyridine rings is 1. The topological polar surface area (TPSA) is 52.0 Å². The molecule has 156 valence electrons. The number of carbonyl (C=O) groups excluding carboxylic acids is 1. The Morgan fingerprint density at radius 3 is 2.29 bits per heavy atom. The molecule has 0 radical (unpaired) electrons. The Morgan fingerprint density at radius 1 is 1.03 bits per heavy atom. The van der Waals surface area contributed by atoms with E-state index in [1.54, 1.807) is 17.6 Å². The molecule has 4 aromatic rings. The minimum atomic E-state index is -0.152. The predicted molar refractivity (Wildman–Crippen MR) is 127 cm³/mol. The number of nitrogens with zero attached hydrogens (tertiary/aromatic N) is 2. The van der Waals surface area contributed by atoms with Crippen molar-refractivity contribution in [2.24, 2.45) is 5.92 Å². The summed E-state index contributed by atoms with van der Waals surface area (Å²) in [5.41, 5.74) is 4.20. The van der Waals surface area contributed by atoms with Crippen LogP contribution in [-0.2, 0) is 6.42 Å². The van der Waals surface area contributed by atoms with E-state index in [0.29, 0.717) is 28.5 Å². The maximum atomic E-state index is 13.7. The highest BCUT2D eigenvalue weighted by molar-refractivity contribution is 7.13. The Kier molecular flexibility index (Phi) is 5.96. The third-order valence-electron chi connectivity index (χ3n) is 5.10. The van der Waals surface area contributed by atoms with Crippen LogP contribution in [0.2, 0.25) is 0 Å². The largest absolute Gasteiger partial charge is 0.294 e. The summed E-state index contributed by atoms with van der Waals surface area (Å²) >= 11 is 1.42. The molecule has 2 heterocycles. The minimum Gasteiger partial charge on any atom is -0.294 e. The zero-order chi connectivity index (χ0) is 22.0. The van der Waals surface area contributed by atoms with E-state index in [9.17, 15) is 9.59 Å². The van der Waals surface area contributed by atoms with E-state index in [2.05, 4.69) is 13.8 Å². The van der Waals surface area contributed by atoms with Crippen LogP contribution in [0.15, 0.2) is 76.9 Å². The van der Waals surface area contributed by atoms with E-state index in [1.807, 2.05) is 66.0 Å². The van der Waals surface area contributed by atoms with Gasteiger partial charge in [-0.15, -0.1) is 11.3 Å². The van der Waals surface area contributed by atoms with Crippen LogP contribution < -0.4 is 5.56 Å². The molecule has 0 N–H and O–H groups in total. The maximum absolute atomic E-state index is 13.7. The van der Waals surface area contributed by atoms with Gasteiger partial charge >= 0.3 is 0 Å². The van der Waals surface area contributed by atoms with Gasteiger partial charge in [0, 0.05) is 27.9 Å². The Labute approximate surface area is 185 Å². The van der Waals surface area contributed by atoms with Crippen molar-refractivity contribution in [2.45, 2.75) is 27.2 Å². The Hall–Kier alpha value is -3.31. The summed E-state index contributed by atoms with van der Waals surface area (Å²) in [5, 5.41) is 2.57. The van der Waals surface area contributed by atoms with Crippen LogP contribution in [0.5, 0.6) is 0 Å². The molecule has 0 aliphatic rings. The molecule has 0 amide bonds. The van der Waals surface area contributed by atoms with Crippen LogP contribution in [-0.4, -0.2) is 15.3 Å². The Morgan fingerprint density at radius 2 is 1.68 bits per heavy atom. The van der Waals surface area contributed by atoms with Gasteiger partial charge in [0.1, 0.15) is 5.01 Å². The number of thiazole rings is 1. The van der Waals surface area contributed by atoms with Crippen LogP contribution in [0.25, 0.3) is 27.5 Å². The zero-order valence-corrected chi connectivity index (χ0v) is 18.6. The fraction of sp³-hybridized carbons (Fsp3) is 0.192. The van der Waals surface area contributed by atoms with E-state index in [4.69, 9.17) is 4.98 Å². The second kappa shape index (κ2) is 8.82. The van der Waals surface area contributed by atoms with Crippen molar-refractivity contribution in [2.75, 3.05) is 0 Å². The average Bonchev–Trinajstić information content (AvgIpc) is 3.25. The molecule has 2 aromatic heterocycles. The molecular weight excluding hydrogens is 404 g/mol. The van der Waals surface area contributed by atoms with Crippen LogP contribution >= 0.6 is 11.3 Å². The third-order valence-corrected chi connectivity index (χ3v) is 5.98. The molecule has 2 aromatic carbocycles. The van der Waals surface area contributed by atoms with Crippen LogP contribution in [0.1, 0.15) is 36.8 Å². The lowest BCUT2D eigenvalue weighted by molar-refractivity contribution is 0.101. The Balaban J connectivity index is 1.96. The summed E-state index contributed by atoms with van der Waals surface area (Å²) in [6.45, 7) is 5.73. The highest BCUT2D eigenvalue weighted by Crippen LogP contribution is 2.29. The number of Topliss-reactive ketones (excluding diaryl/α,β-unsaturated/α-hetero) is 1. The van der Waals surface area contributed by atoms with Gasteiger partial charge in [-0.05, 0) is 37.5 Å². The summed E-state index contributed by atoms with van der Waals surface area (Å²) in [4.78, 5) is 31.1. The number of rotatable bonds is 6. The van der Waals surface area contributed by atoms with E-state index >= 15 is 0 Å². The van der Waals surface area contributed by atoms with Crippen molar-refractivity contribution in [1.29, 1.82) is 0 Å². The van der Waals surface area contributed by atoms with Gasteiger partial charge in [-0.3, -0.25) is 14.2 Å². The van der Waals surface area contributed by atoms with Crippen molar-refractivity contribution in [3.8, 4) is 27.5 Å². The molecule has 31 heavy (non-hydrogen) atoms. The summed E-state index contributed by atoms with van der Waals surface area (Å²) in [6.07, 6.45) is 0.631. The first kappa shape index (κ1) is 20.9. The molecule has 0 unspecified atom stereocenters. The number of para-hydroxylation sites is 1. The fourth-order valence-electron chi connectivity index (χ4n) is 3.69. The number of hydrogen-bond donors (Lipinski definition) is 0. The molecule has 0 atom stereocenters. The molecule has 0 aliphatic heterocycles. The van der Waals surface area contributed by atoms with Crippen molar-refractivity contribution >= 4 is 17.1 Å². The van der Waals surface area contributed by atoms with Crippen molar-refractivity contribution in [3.05, 3.63) is 93.7 Å². The van der Waals surface area contributed by atoms with Gasteiger partial charge in [0.15, 0.2) is 5.78 Å². The van der Waals surface area contributed by atoms with Gasteiger partial charge < -0.3 is 0 Å². The molecule has 4 nitrogen and oxygen atoms in total. The highest BCUT2D eigenvalue weighted by Gasteiger charge is 2.22. The van der Waals surface area contributed by atoms with Gasteiger partial charge in [0.25, 0.3) is 5.56 Å². The van der Waals surface area contributed by atoms with Crippen molar-refractivity contribution < 1.29 is 4.79 Å². The lowest BCUT2D eigenvalue weighted by atomic mass is 9.98. The van der Waals surface area contributed by atoms with E-state index in [-0.39, 0.29) is 11.3 Å². The van der Waals surface area contributed by atoms with Gasteiger partial charge in [0.05, 0.1) is 11.3 Å². The molecule has 0 aliphatic carbocycles. The molecule has 0 saturated heterocycles. The number of ketones is 1. The normalized spacial score (nSPS) is 11.1. The monoisotopic (exact) mass is 428 g/mol. The van der Waals surface area contributed by atoms with E-state index in [0.717, 1.165) is 22.6 Å². The van der Waals surface area contributed by atoms with Gasteiger partial charge in [-0.25, -0.2) is 4.98 Å². The van der Waals surface area contributed by atoms with Crippen molar-refractivity contribution in [1.82, 2.24) is 9.55 Å². The SMILES string of the molecule is CC(=O)c1cc(-c2nc(-c3ccccc3)cs2)c(=O)n(-c2ccccc2)c1CC(C)C. The smallest absolute Gasteiger partial charge is 0.265 e. The quantitative estimate of drug-likeness (QED) is 0.352. The lowest BCUT2D eigenvalue weighted by Crippen LogP contribution is -2.27. The molecule has 0 bridgehead atoms. The first-order valence-corrected chi connectivity index (χ1v) is 11.2. The second-order valence-corrected chi connectivity index (χ2v) is 8.81. The van der Waals surface area contributed by atoms with Crippen LogP contribution in [0.4, 0.5) is 0 Å². The molecule has 0 fully saturated rings. The van der Waals surface area contributed by atoms with Gasteiger partial charge in [-0.2, -0.15) is 0 Å².